The van der Waals surface area contributed by atoms with Gasteiger partial charge in [0.05, 0.1) is 18.2 Å². The summed E-state index contributed by atoms with van der Waals surface area (Å²) in [7, 11) is 0. The van der Waals surface area contributed by atoms with Gasteiger partial charge in [-0.3, -0.25) is 19.5 Å². The minimum absolute atomic E-state index is 0.0349. The second-order valence-electron chi connectivity index (χ2n) is 6.59. The molecule has 3 rings (SSSR count). The predicted molar refractivity (Wildman–Crippen MR) is 104 cm³/mol. The van der Waals surface area contributed by atoms with E-state index >= 15 is 0 Å². The van der Waals surface area contributed by atoms with Crippen LogP contribution in [0.1, 0.15) is 12.0 Å². The van der Waals surface area contributed by atoms with E-state index in [9.17, 15) is 14.0 Å². The first-order valence-corrected chi connectivity index (χ1v) is 9.29. The maximum Gasteiger partial charge on any atom is 0.237 e. The van der Waals surface area contributed by atoms with Gasteiger partial charge in [0.25, 0.3) is 0 Å². The van der Waals surface area contributed by atoms with E-state index in [4.69, 9.17) is 0 Å². The number of nitrogens with zero attached hydrogens (tertiary/aromatic N) is 2. The number of amides is 2. The highest BCUT2D eigenvalue weighted by Gasteiger charge is 2.31. The van der Waals surface area contributed by atoms with Crippen molar-refractivity contribution in [2.75, 3.05) is 31.5 Å². The number of hydrogen-bond acceptors (Lipinski definition) is 5. The second-order valence-corrected chi connectivity index (χ2v) is 6.59. The van der Waals surface area contributed by atoms with E-state index < -0.39 is 6.04 Å². The van der Waals surface area contributed by atoms with Crippen LogP contribution in [0, 0.1) is 5.82 Å². The average molecular weight is 385 g/mol. The third kappa shape index (κ3) is 5.50. The van der Waals surface area contributed by atoms with Crippen LogP contribution in [-0.2, 0) is 16.1 Å². The molecule has 2 amide bonds. The number of aromatic nitrogens is 1. The number of carbonyl (C=O) groups excluding carboxylic acids is 2. The predicted octanol–water partition coefficient (Wildman–Crippen LogP) is 1.14. The Hall–Kier alpha value is -3.00. The van der Waals surface area contributed by atoms with Gasteiger partial charge in [-0.1, -0.05) is 18.2 Å². The Morgan fingerprint density at radius 2 is 2.11 bits per heavy atom. The number of nitrogens with one attached hydrogen (secondary N) is 3. The minimum atomic E-state index is -0.611. The Labute approximate surface area is 163 Å². The van der Waals surface area contributed by atoms with Crippen LogP contribution in [0.3, 0.4) is 0 Å². The van der Waals surface area contributed by atoms with E-state index in [1.54, 1.807) is 30.6 Å². The van der Waals surface area contributed by atoms with Crippen molar-refractivity contribution in [1.29, 1.82) is 0 Å². The number of anilines is 1. The van der Waals surface area contributed by atoms with Crippen molar-refractivity contribution in [3.05, 3.63) is 60.2 Å². The van der Waals surface area contributed by atoms with Crippen LogP contribution in [0.15, 0.2) is 48.8 Å². The maximum atomic E-state index is 14.0. The molecule has 0 saturated carbocycles. The Kier molecular flexibility index (Phi) is 6.91. The minimum Gasteiger partial charge on any atom is -0.382 e. The van der Waals surface area contributed by atoms with Crippen LogP contribution in [0.5, 0.6) is 0 Å². The SMILES string of the molecule is O=C(CC1C(=O)NCCN1Cc1ccccc1F)NCCNc1cccnc1. The molecule has 28 heavy (non-hydrogen) atoms. The number of pyridine rings is 1. The number of carbonyl (C=O) groups is 2. The first kappa shape index (κ1) is 19.8. The van der Waals surface area contributed by atoms with Gasteiger partial charge in [0.15, 0.2) is 0 Å². The molecule has 1 saturated heterocycles. The Bertz CT molecular complexity index is 802. The first-order valence-electron chi connectivity index (χ1n) is 9.29. The molecule has 1 aromatic carbocycles. The summed E-state index contributed by atoms with van der Waals surface area (Å²) in [5.41, 5.74) is 1.39. The summed E-state index contributed by atoms with van der Waals surface area (Å²) >= 11 is 0. The molecule has 1 aliphatic heterocycles. The van der Waals surface area contributed by atoms with E-state index in [-0.39, 0.29) is 24.1 Å². The van der Waals surface area contributed by atoms with Crippen molar-refractivity contribution in [1.82, 2.24) is 20.5 Å². The van der Waals surface area contributed by atoms with Crippen LogP contribution < -0.4 is 16.0 Å². The molecule has 1 aliphatic rings. The van der Waals surface area contributed by atoms with Crippen molar-refractivity contribution < 1.29 is 14.0 Å². The lowest BCUT2D eigenvalue weighted by molar-refractivity contribution is -0.134. The largest absolute Gasteiger partial charge is 0.382 e. The van der Waals surface area contributed by atoms with Gasteiger partial charge in [0.2, 0.25) is 11.8 Å². The molecule has 0 aliphatic carbocycles. The summed E-state index contributed by atoms with van der Waals surface area (Å²) in [6, 6.07) is 9.60. The van der Waals surface area contributed by atoms with E-state index in [1.807, 2.05) is 17.0 Å². The van der Waals surface area contributed by atoms with Gasteiger partial charge in [0, 0.05) is 50.7 Å². The van der Waals surface area contributed by atoms with Crippen LogP contribution in [0.4, 0.5) is 10.1 Å². The molecular formula is C20H24FN5O2. The third-order valence-electron chi connectivity index (χ3n) is 4.59. The topological polar surface area (TPSA) is 86.4 Å². The van der Waals surface area contributed by atoms with Gasteiger partial charge in [-0.25, -0.2) is 4.39 Å². The molecule has 1 unspecified atom stereocenters. The zero-order chi connectivity index (χ0) is 19.8. The highest BCUT2D eigenvalue weighted by atomic mass is 19.1. The zero-order valence-electron chi connectivity index (χ0n) is 15.5. The summed E-state index contributed by atoms with van der Waals surface area (Å²) in [4.78, 5) is 30.4. The summed E-state index contributed by atoms with van der Waals surface area (Å²) in [6.07, 6.45) is 3.43. The van der Waals surface area contributed by atoms with Crippen LogP contribution >= 0.6 is 0 Å². The van der Waals surface area contributed by atoms with Crippen molar-refractivity contribution in [3.8, 4) is 0 Å². The number of halogens is 1. The van der Waals surface area contributed by atoms with Gasteiger partial charge in [-0.15, -0.1) is 0 Å². The number of rotatable bonds is 8. The molecule has 0 bridgehead atoms. The van der Waals surface area contributed by atoms with Crippen LogP contribution in [-0.4, -0.2) is 53.9 Å². The first-order chi connectivity index (χ1) is 13.6. The van der Waals surface area contributed by atoms with Crippen molar-refractivity contribution in [2.24, 2.45) is 0 Å². The van der Waals surface area contributed by atoms with Gasteiger partial charge < -0.3 is 16.0 Å². The molecule has 0 radical (unpaired) electrons. The quantitative estimate of drug-likeness (QED) is 0.594. The highest BCUT2D eigenvalue weighted by molar-refractivity contribution is 5.88. The molecule has 1 aromatic heterocycles. The fourth-order valence-electron chi connectivity index (χ4n) is 3.14. The highest BCUT2D eigenvalue weighted by Crippen LogP contribution is 2.16. The lowest BCUT2D eigenvalue weighted by Gasteiger charge is -2.34. The molecule has 148 valence electrons. The normalized spacial score (nSPS) is 17.0. The van der Waals surface area contributed by atoms with Crippen molar-refractivity contribution in [2.45, 2.75) is 19.0 Å². The van der Waals surface area contributed by atoms with Gasteiger partial charge in [-0.05, 0) is 18.2 Å². The van der Waals surface area contributed by atoms with E-state index in [0.717, 1.165) is 5.69 Å². The van der Waals surface area contributed by atoms with Crippen LogP contribution in [0.2, 0.25) is 0 Å². The summed E-state index contributed by atoms with van der Waals surface area (Å²) in [5, 5.41) is 8.75. The van der Waals surface area contributed by atoms with Gasteiger partial charge in [0.1, 0.15) is 5.82 Å². The average Bonchev–Trinajstić information content (AvgIpc) is 2.70. The van der Waals surface area contributed by atoms with E-state index in [2.05, 4.69) is 20.9 Å². The zero-order valence-corrected chi connectivity index (χ0v) is 15.5. The number of benzene rings is 1. The molecule has 0 spiro atoms. The smallest absolute Gasteiger partial charge is 0.237 e. The van der Waals surface area contributed by atoms with Gasteiger partial charge in [-0.2, -0.15) is 0 Å². The van der Waals surface area contributed by atoms with Crippen LogP contribution in [0.25, 0.3) is 0 Å². The third-order valence-corrected chi connectivity index (χ3v) is 4.59. The molecule has 7 nitrogen and oxygen atoms in total. The molecule has 8 heteroatoms. The molecule has 2 heterocycles. The molecule has 1 fully saturated rings. The van der Waals surface area contributed by atoms with Crippen molar-refractivity contribution >= 4 is 17.5 Å². The molecule has 3 N–H and O–H groups in total. The Morgan fingerprint density at radius 1 is 1.25 bits per heavy atom. The molecule has 2 aromatic rings. The number of hydrogen-bond donors (Lipinski definition) is 3. The van der Waals surface area contributed by atoms with Crippen molar-refractivity contribution in [3.63, 3.8) is 0 Å². The second kappa shape index (κ2) is 9.80. The Morgan fingerprint density at radius 3 is 2.89 bits per heavy atom. The maximum absolute atomic E-state index is 14.0. The van der Waals surface area contributed by atoms with Gasteiger partial charge >= 0.3 is 0 Å². The standard InChI is InChI=1S/C20H24FN5O2/c21-17-6-2-1-4-15(17)14-26-11-10-25-20(28)18(26)12-19(27)24-9-8-23-16-5-3-7-22-13-16/h1-7,13,18,23H,8-12,14H2,(H,24,27)(H,25,28). The van der Waals surface area contributed by atoms with E-state index in [0.29, 0.717) is 38.3 Å². The summed E-state index contributed by atoms with van der Waals surface area (Å²) in [6.45, 7) is 2.32. The fourth-order valence-corrected chi connectivity index (χ4v) is 3.14. The lowest BCUT2D eigenvalue weighted by Crippen LogP contribution is -2.56. The van der Waals surface area contributed by atoms with E-state index in [1.165, 1.54) is 6.07 Å². The summed E-state index contributed by atoms with van der Waals surface area (Å²) in [5.74, 6) is -0.724. The lowest BCUT2D eigenvalue weighted by atomic mass is 10.1. The fraction of sp³-hybridized carbons (Fsp3) is 0.350. The molecule has 1 atom stereocenters. The monoisotopic (exact) mass is 385 g/mol. The Balaban J connectivity index is 1.50. The summed E-state index contributed by atoms with van der Waals surface area (Å²) < 4.78 is 14.0. The number of piperazine rings is 1. The molecular weight excluding hydrogens is 361 g/mol.